The molecule has 0 radical (unpaired) electrons. The average Bonchev–Trinajstić information content (AvgIpc) is 3.03. The lowest BCUT2D eigenvalue weighted by atomic mass is 9.97. The van der Waals surface area contributed by atoms with Gasteiger partial charge in [-0.15, -0.1) is 0 Å². The smallest absolute Gasteiger partial charge is 0.258 e. The molecule has 1 aromatic carbocycles. The van der Waals surface area contributed by atoms with E-state index in [-0.39, 0.29) is 11.8 Å². The van der Waals surface area contributed by atoms with E-state index in [0.717, 1.165) is 37.1 Å². The van der Waals surface area contributed by atoms with E-state index in [4.69, 9.17) is 4.52 Å². The predicted octanol–water partition coefficient (Wildman–Crippen LogP) is 2.00. The summed E-state index contributed by atoms with van der Waals surface area (Å²) < 4.78 is 5.40. The van der Waals surface area contributed by atoms with Crippen molar-refractivity contribution in [2.45, 2.75) is 26.3 Å². The minimum atomic E-state index is 0.0523. The van der Waals surface area contributed by atoms with Gasteiger partial charge >= 0.3 is 0 Å². The first-order valence-corrected chi connectivity index (χ1v) is 8.00. The van der Waals surface area contributed by atoms with Crippen molar-refractivity contribution in [2.24, 2.45) is 5.92 Å². The number of benzene rings is 1. The van der Waals surface area contributed by atoms with E-state index in [1.54, 1.807) is 7.05 Å². The summed E-state index contributed by atoms with van der Waals surface area (Å²) in [5.41, 5.74) is 2.08. The maximum Gasteiger partial charge on any atom is 0.258 e. The summed E-state index contributed by atoms with van der Waals surface area (Å²) in [6.45, 7) is 4.34. The van der Waals surface area contributed by atoms with Crippen LogP contribution < -0.4 is 5.32 Å². The van der Waals surface area contributed by atoms with Crippen molar-refractivity contribution in [1.82, 2.24) is 20.4 Å². The number of carbonyl (C=O) groups is 1. The third kappa shape index (κ3) is 3.59. The normalized spacial score (nSPS) is 18.8. The van der Waals surface area contributed by atoms with Crippen LogP contribution in [0.1, 0.15) is 24.2 Å². The predicted molar refractivity (Wildman–Crippen MR) is 86.5 cm³/mol. The van der Waals surface area contributed by atoms with Gasteiger partial charge in [0.2, 0.25) is 5.91 Å². The summed E-state index contributed by atoms with van der Waals surface area (Å²) in [6.07, 6.45) is 1.96. The highest BCUT2D eigenvalue weighted by molar-refractivity contribution is 5.78. The van der Waals surface area contributed by atoms with Gasteiger partial charge in [-0.2, -0.15) is 4.98 Å². The number of nitrogens with one attached hydrogen (secondary N) is 1. The first-order chi connectivity index (χ1) is 11.2. The standard InChI is InChI=1S/C17H22N4O2/c1-12-6-3-4-8-14(12)17-19-15(20-23-17)11-21-9-5-7-13(10-21)16(22)18-2/h3-4,6,8,13H,5,7,9-11H2,1-2H3,(H,18,22)/t13-/m1/s1. The molecule has 0 unspecified atom stereocenters. The van der Waals surface area contributed by atoms with Gasteiger partial charge in [0.1, 0.15) is 0 Å². The van der Waals surface area contributed by atoms with Crippen LogP contribution in [0.15, 0.2) is 28.8 Å². The fourth-order valence-electron chi connectivity index (χ4n) is 3.06. The Bertz CT molecular complexity index is 683. The molecule has 6 heteroatoms. The molecule has 1 aliphatic rings. The third-order valence-corrected chi connectivity index (χ3v) is 4.33. The number of hydrogen-bond donors (Lipinski definition) is 1. The quantitative estimate of drug-likeness (QED) is 0.934. The minimum absolute atomic E-state index is 0.0523. The van der Waals surface area contributed by atoms with Gasteiger partial charge in [0.25, 0.3) is 5.89 Å². The molecule has 1 atom stereocenters. The highest BCUT2D eigenvalue weighted by Gasteiger charge is 2.26. The molecule has 0 bridgehead atoms. The Labute approximate surface area is 135 Å². The molecule has 1 aliphatic heterocycles. The minimum Gasteiger partial charge on any atom is -0.359 e. The van der Waals surface area contributed by atoms with E-state index in [9.17, 15) is 4.79 Å². The van der Waals surface area contributed by atoms with Crippen LogP contribution in [0, 0.1) is 12.8 Å². The summed E-state index contributed by atoms with van der Waals surface area (Å²) >= 11 is 0. The molecule has 1 aromatic heterocycles. The van der Waals surface area contributed by atoms with Crippen LogP contribution in [0.5, 0.6) is 0 Å². The fraction of sp³-hybridized carbons (Fsp3) is 0.471. The van der Waals surface area contributed by atoms with Gasteiger partial charge < -0.3 is 9.84 Å². The maximum absolute atomic E-state index is 11.8. The van der Waals surface area contributed by atoms with Crippen LogP contribution in [-0.2, 0) is 11.3 Å². The average molecular weight is 314 g/mol. The van der Waals surface area contributed by atoms with E-state index >= 15 is 0 Å². The third-order valence-electron chi connectivity index (χ3n) is 4.33. The second-order valence-electron chi connectivity index (χ2n) is 6.02. The van der Waals surface area contributed by atoms with Crippen molar-refractivity contribution in [3.05, 3.63) is 35.7 Å². The summed E-state index contributed by atoms with van der Waals surface area (Å²) in [6, 6.07) is 7.96. The zero-order valence-electron chi connectivity index (χ0n) is 13.6. The lowest BCUT2D eigenvalue weighted by Crippen LogP contribution is -2.41. The molecule has 2 aromatic rings. The number of aromatic nitrogens is 2. The van der Waals surface area contributed by atoms with E-state index in [0.29, 0.717) is 18.3 Å². The Balaban J connectivity index is 1.67. The Kier molecular flexibility index (Phi) is 4.71. The van der Waals surface area contributed by atoms with E-state index < -0.39 is 0 Å². The van der Waals surface area contributed by atoms with E-state index in [2.05, 4.69) is 20.4 Å². The van der Waals surface area contributed by atoms with Gasteiger partial charge in [-0.05, 0) is 37.9 Å². The lowest BCUT2D eigenvalue weighted by Gasteiger charge is -2.30. The molecule has 1 amide bonds. The molecule has 23 heavy (non-hydrogen) atoms. The Hall–Kier alpha value is -2.21. The van der Waals surface area contributed by atoms with Crippen LogP contribution in [0.2, 0.25) is 0 Å². The molecule has 1 N–H and O–H groups in total. The molecule has 3 rings (SSSR count). The molecule has 1 fully saturated rings. The molecule has 1 saturated heterocycles. The van der Waals surface area contributed by atoms with Crippen molar-refractivity contribution in [2.75, 3.05) is 20.1 Å². The maximum atomic E-state index is 11.8. The number of likely N-dealkylation sites (tertiary alicyclic amines) is 1. The molecular weight excluding hydrogens is 292 g/mol. The molecule has 6 nitrogen and oxygen atoms in total. The van der Waals surface area contributed by atoms with Crippen LogP contribution in [0.3, 0.4) is 0 Å². The van der Waals surface area contributed by atoms with Gasteiger partial charge in [0.05, 0.1) is 12.5 Å². The summed E-state index contributed by atoms with van der Waals surface area (Å²) in [5.74, 6) is 1.39. The highest BCUT2D eigenvalue weighted by Crippen LogP contribution is 2.22. The van der Waals surface area contributed by atoms with Crippen molar-refractivity contribution >= 4 is 5.91 Å². The van der Waals surface area contributed by atoms with Gasteiger partial charge in [0.15, 0.2) is 5.82 Å². The number of nitrogens with zero attached hydrogens (tertiary/aromatic N) is 3. The molecule has 2 heterocycles. The second-order valence-corrected chi connectivity index (χ2v) is 6.02. The number of amides is 1. The molecule has 122 valence electrons. The van der Waals surface area contributed by atoms with Gasteiger partial charge in [-0.1, -0.05) is 23.4 Å². The van der Waals surface area contributed by atoms with Crippen molar-refractivity contribution in [3.8, 4) is 11.5 Å². The zero-order chi connectivity index (χ0) is 16.2. The monoisotopic (exact) mass is 314 g/mol. The Morgan fingerprint density at radius 1 is 1.43 bits per heavy atom. The number of carbonyl (C=O) groups excluding carboxylic acids is 1. The number of piperidine rings is 1. The lowest BCUT2D eigenvalue weighted by molar-refractivity contribution is -0.126. The van der Waals surface area contributed by atoms with E-state index in [1.165, 1.54) is 0 Å². The summed E-state index contributed by atoms with van der Waals surface area (Å²) in [4.78, 5) is 18.5. The molecule has 0 saturated carbocycles. The van der Waals surface area contributed by atoms with Crippen LogP contribution in [0.25, 0.3) is 11.5 Å². The molecular formula is C17H22N4O2. The SMILES string of the molecule is CNC(=O)[C@@H]1CCCN(Cc2noc(-c3ccccc3C)n2)C1. The largest absolute Gasteiger partial charge is 0.359 e. The second kappa shape index (κ2) is 6.91. The van der Waals surface area contributed by atoms with Crippen LogP contribution in [-0.4, -0.2) is 41.1 Å². The van der Waals surface area contributed by atoms with Crippen LogP contribution >= 0.6 is 0 Å². The first kappa shape index (κ1) is 15.7. The molecule has 0 aliphatic carbocycles. The van der Waals surface area contributed by atoms with Crippen molar-refractivity contribution in [3.63, 3.8) is 0 Å². The number of aryl methyl sites for hydroxylation is 1. The molecule has 0 spiro atoms. The summed E-state index contributed by atoms with van der Waals surface area (Å²) in [7, 11) is 1.69. The Morgan fingerprint density at radius 2 is 2.26 bits per heavy atom. The Morgan fingerprint density at radius 3 is 3.04 bits per heavy atom. The summed E-state index contributed by atoms with van der Waals surface area (Å²) in [5, 5.41) is 6.83. The van der Waals surface area contributed by atoms with Crippen molar-refractivity contribution < 1.29 is 9.32 Å². The van der Waals surface area contributed by atoms with Gasteiger partial charge in [-0.3, -0.25) is 9.69 Å². The number of hydrogen-bond acceptors (Lipinski definition) is 5. The highest BCUT2D eigenvalue weighted by atomic mass is 16.5. The van der Waals surface area contributed by atoms with Gasteiger partial charge in [0, 0.05) is 19.2 Å². The fourth-order valence-corrected chi connectivity index (χ4v) is 3.06. The van der Waals surface area contributed by atoms with Crippen molar-refractivity contribution in [1.29, 1.82) is 0 Å². The van der Waals surface area contributed by atoms with Gasteiger partial charge in [-0.25, -0.2) is 0 Å². The number of rotatable bonds is 4. The topological polar surface area (TPSA) is 71.3 Å². The van der Waals surface area contributed by atoms with E-state index in [1.807, 2.05) is 31.2 Å². The first-order valence-electron chi connectivity index (χ1n) is 8.00. The van der Waals surface area contributed by atoms with Crippen LogP contribution in [0.4, 0.5) is 0 Å². The zero-order valence-corrected chi connectivity index (χ0v) is 13.6.